The summed E-state index contributed by atoms with van der Waals surface area (Å²) in [5.74, 6) is 0.0648. The fourth-order valence-corrected chi connectivity index (χ4v) is 1.37. The molecule has 1 unspecified atom stereocenters. The van der Waals surface area contributed by atoms with Crippen LogP contribution in [-0.4, -0.2) is 17.0 Å². The van der Waals surface area contributed by atoms with Crippen LogP contribution < -0.4 is 0 Å². The standard InChI is InChI=1S/C10H14O2/c1-6(2)4-8-7(3)9(11)5-10(8)12/h4,10,12H,5H2,1-3H3. The number of allylic oxidation sites excluding steroid dienone is 2. The van der Waals surface area contributed by atoms with Gasteiger partial charge in [-0.3, -0.25) is 4.79 Å². The van der Waals surface area contributed by atoms with Gasteiger partial charge in [0.1, 0.15) is 0 Å². The van der Waals surface area contributed by atoms with E-state index >= 15 is 0 Å². The fourth-order valence-electron chi connectivity index (χ4n) is 1.37. The van der Waals surface area contributed by atoms with Crippen LogP contribution in [0, 0.1) is 0 Å². The number of Topliss-reactive ketones (excluding diaryl/α,β-unsaturated/α-hetero) is 1. The third-order valence-corrected chi connectivity index (χ3v) is 2.03. The zero-order valence-corrected chi connectivity index (χ0v) is 7.72. The number of rotatable bonds is 1. The summed E-state index contributed by atoms with van der Waals surface area (Å²) in [4.78, 5) is 11.1. The van der Waals surface area contributed by atoms with Crippen LogP contribution in [0.15, 0.2) is 22.8 Å². The first-order chi connectivity index (χ1) is 5.52. The summed E-state index contributed by atoms with van der Waals surface area (Å²) < 4.78 is 0. The molecule has 0 heterocycles. The Bertz CT molecular complexity index is 268. The molecule has 66 valence electrons. The van der Waals surface area contributed by atoms with Crippen molar-refractivity contribution in [3.8, 4) is 0 Å². The van der Waals surface area contributed by atoms with Gasteiger partial charge in [0.15, 0.2) is 5.78 Å². The molecule has 0 fully saturated rings. The molecule has 1 aliphatic rings. The minimum atomic E-state index is -0.576. The number of carbonyl (C=O) groups is 1. The summed E-state index contributed by atoms with van der Waals surface area (Å²) in [6.07, 6.45) is 1.56. The number of hydrogen-bond donors (Lipinski definition) is 1. The van der Waals surface area contributed by atoms with E-state index < -0.39 is 6.10 Å². The van der Waals surface area contributed by atoms with Crippen LogP contribution >= 0.6 is 0 Å². The van der Waals surface area contributed by atoms with Crippen molar-refractivity contribution in [2.75, 3.05) is 0 Å². The Balaban J connectivity index is 3.01. The molecule has 2 nitrogen and oxygen atoms in total. The van der Waals surface area contributed by atoms with Crippen molar-refractivity contribution >= 4 is 5.78 Å². The highest BCUT2D eigenvalue weighted by atomic mass is 16.3. The van der Waals surface area contributed by atoms with Gasteiger partial charge in [-0.25, -0.2) is 0 Å². The predicted octanol–water partition coefficient (Wildman–Crippen LogP) is 1.60. The Morgan fingerprint density at radius 2 is 2.17 bits per heavy atom. The van der Waals surface area contributed by atoms with E-state index in [2.05, 4.69) is 0 Å². The molecule has 0 spiro atoms. The average Bonchev–Trinajstić information content (AvgIpc) is 2.16. The van der Waals surface area contributed by atoms with Crippen molar-refractivity contribution < 1.29 is 9.90 Å². The smallest absolute Gasteiger partial charge is 0.161 e. The molecule has 1 atom stereocenters. The Morgan fingerprint density at radius 1 is 1.58 bits per heavy atom. The molecule has 0 aromatic rings. The minimum absolute atomic E-state index is 0.0648. The molecule has 0 aliphatic heterocycles. The van der Waals surface area contributed by atoms with E-state index in [0.29, 0.717) is 5.57 Å². The Kier molecular flexibility index (Phi) is 2.48. The fraction of sp³-hybridized carbons (Fsp3) is 0.500. The monoisotopic (exact) mass is 166 g/mol. The van der Waals surface area contributed by atoms with Crippen LogP contribution in [0.2, 0.25) is 0 Å². The highest BCUT2D eigenvalue weighted by Gasteiger charge is 2.25. The molecule has 0 saturated carbocycles. The Labute approximate surface area is 72.6 Å². The molecule has 0 aromatic heterocycles. The lowest BCUT2D eigenvalue weighted by Crippen LogP contribution is -2.04. The molecule has 0 amide bonds. The average molecular weight is 166 g/mol. The first-order valence-electron chi connectivity index (χ1n) is 4.09. The molecule has 12 heavy (non-hydrogen) atoms. The second-order valence-electron chi connectivity index (χ2n) is 3.45. The minimum Gasteiger partial charge on any atom is -0.388 e. The normalized spacial score (nSPS) is 23.3. The predicted molar refractivity (Wildman–Crippen MR) is 47.8 cm³/mol. The summed E-state index contributed by atoms with van der Waals surface area (Å²) in [5.41, 5.74) is 2.61. The van der Waals surface area contributed by atoms with E-state index in [1.165, 1.54) is 0 Å². The number of hydrogen-bond acceptors (Lipinski definition) is 2. The summed E-state index contributed by atoms with van der Waals surface area (Å²) in [7, 11) is 0. The van der Waals surface area contributed by atoms with Crippen LogP contribution in [0.3, 0.4) is 0 Å². The van der Waals surface area contributed by atoms with E-state index in [1.807, 2.05) is 19.9 Å². The summed E-state index contributed by atoms with van der Waals surface area (Å²) in [6.45, 7) is 5.68. The Morgan fingerprint density at radius 3 is 2.50 bits per heavy atom. The van der Waals surface area contributed by atoms with Crippen molar-refractivity contribution in [3.05, 3.63) is 22.8 Å². The molecular formula is C10H14O2. The van der Waals surface area contributed by atoms with Gasteiger partial charge in [0.05, 0.1) is 6.10 Å². The van der Waals surface area contributed by atoms with E-state index in [0.717, 1.165) is 11.1 Å². The van der Waals surface area contributed by atoms with E-state index in [1.54, 1.807) is 6.92 Å². The van der Waals surface area contributed by atoms with Crippen LogP contribution in [0.1, 0.15) is 27.2 Å². The van der Waals surface area contributed by atoms with Gasteiger partial charge in [-0.1, -0.05) is 11.6 Å². The number of aliphatic hydroxyl groups is 1. The Hall–Kier alpha value is -0.890. The van der Waals surface area contributed by atoms with Gasteiger partial charge in [-0.05, 0) is 31.9 Å². The maximum Gasteiger partial charge on any atom is 0.161 e. The van der Waals surface area contributed by atoms with Crippen molar-refractivity contribution in [1.82, 2.24) is 0 Å². The highest BCUT2D eigenvalue weighted by molar-refractivity contribution is 5.99. The molecule has 2 heteroatoms. The molecule has 1 aliphatic carbocycles. The van der Waals surface area contributed by atoms with Gasteiger partial charge >= 0.3 is 0 Å². The summed E-state index contributed by atoms with van der Waals surface area (Å²) >= 11 is 0. The van der Waals surface area contributed by atoms with Crippen LogP contribution in [-0.2, 0) is 4.79 Å². The van der Waals surface area contributed by atoms with Gasteiger partial charge in [0.2, 0.25) is 0 Å². The SMILES string of the molecule is CC(C)=CC1=C(C)C(=O)CC1O. The van der Waals surface area contributed by atoms with Gasteiger partial charge in [-0.2, -0.15) is 0 Å². The lowest BCUT2D eigenvalue weighted by molar-refractivity contribution is -0.115. The summed E-state index contributed by atoms with van der Waals surface area (Å²) in [5, 5.41) is 9.46. The van der Waals surface area contributed by atoms with Crippen LogP contribution in [0.4, 0.5) is 0 Å². The lowest BCUT2D eigenvalue weighted by atomic mass is 10.1. The quantitative estimate of drug-likeness (QED) is 0.642. The van der Waals surface area contributed by atoms with Crippen molar-refractivity contribution in [2.24, 2.45) is 0 Å². The lowest BCUT2D eigenvalue weighted by Gasteiger charge is -2.02. The third kappa shape index (κ3) is 1.64. The van der Waals surface area contributed by atoms with Gasteiger partial charge < -0.3 is 5.11 Å². The zero-order valence-electron chi connectivity index (χ0n) is 7.72. The number of carbonyl (C=O) groups excluding carboxylic acids is 1. The van der Waals surface area contributed by atoms with Gasteiger partial charge in [0, 0.05) is 6.42 Å². The highest BCUT2D eigenvalue weighted by Crippen LogP contribution is 2.24. The van der Waals surface area contributed by atoms with Crippen LogP contribution in [0.25, 0.3) is 0 Å². The van der Waals surface area contributed by atoms with Crippen molar-refractivity contribution in [3.63, 3.8) is 0 Å². The largest absolute Gasteiger partial charge is 0.388 e. The van der Waals surface area contributed by atoms with Crippen LogP contribution in [0.5, 0.6) is 0 Å². The third-order valence-electron chi connectivity index (χ3n) is 2.03. The maximum absolute atomic E-state index is 11.1. The first-order valence-corrected chi connectivity index (χ1v) is 4.09. The molecule has 1 rings (SSSR count). The number of ketones is 1. The molecule has 0 aromatic carbocycles. The van der Waals surface area contributed by atoms with E-state index in [9.17, 15) is 9.90 Å². The first kappa shape index (κ1) is 9.20. The molecule has 0 saturated heterocycles. The summed E-state index contributed by atoms with van der Waals surface area (Å²) in [6, 6.07) is 0. The topological polar surface area (TPSA) is 37.3 Å². The number of aliphatic hydroxyl groups excluding tert-OH is 1. The van der Waals surface area contributed by atoms with Crippen molar-refractivity contribution in [1.29, 1.82) is 0 Å². The molecule has 0 radical (unpaired) electrons. The van der Waals surface area contributed by atoms with Gasteiger partial charge in [0.25, 0.3) is 0 Å². The molecule has 0 bridgehead atoms. The zero-order chi connectivity index (χ0) is 9.30. The van der Waals surface area contributed by atoms with Gasteiger partial charge in [-0.15, -0.1) is 0 Å². The van der Waals surface area contributed by atoms with E-state index in [4.69, 9.17) is 0 Å². The van der Waals surface area contributed by atoms with E-state index in [-0.39, 0.29) is 12.2 Å². The maximum atomic E-state index is 11.1. The van der Waals surface area contributed by atoms with Crippen molar-refractivity contribution in [2.45, 2.75) is 33.3 Å². The second kappa shape index (κ2) is 3.23. The second-order valence-corrected chi connectivity index (χ2v) is 3.45. The molecular weight excluding hydrogens is 152 g/mol. The molecule has 1 N–H and O–H groups in total.